The van der Waals surface area contributed by atoms with Crippen LogP contribution in [0.4, 0.5) is 0 Å². The van der Waals surface area contributed by atoms with Gasteiger partial charge >= 0.3 is 17.9 Å². The van der Waals surface area contributed by atoms with Gasteiger partial charge in [-0.15, -0.1) is 0 Å². The Morgan fingerprint density at radius 2 is 1.10 bits per heavy atom. The lowest BCUT2D eigenvalue weighted by molar-refractivity contribution is -0.180. The second-order valence-corrected chi connectivity index (χ2v) is 14.9. The van der Waals surface area contributed by atoms with Crippen LogP contribution in [0.3, 0.4) is 0 Å². The van der Waals surface area contributed by atoms with Crippen LogP contribution in [-0.2, 0) is 28.6 Å². The van der Waals surface area contributed by atoms with Crippen molar-refractivity contribution in [3.05, 3.63) is 0 Å². The zero-order valence-corrected chi connectivity index (χ0v) is 28.6. The molecule has 0 radical (unpaired) electrons. The first kappa shape index (κ1) is 37.4. The molecule has 0 unspecified atom stereocenters. The molecule has 0 saturated heterocycles. The highest BCUT2D eigenvalue weighted by Crippen LogP contribution is 2.40. The molecular formula is C35H64O6. The summed E-state index contributed by atoms with van der Waals surface area (Å²) in [6.45, 7) is 22.4. The van der Waals surface area contributed by atoms with E-state index in [1.54, 1.807) is 0 Å². The maximum Gasteiger partial charge on any atom is 0.344 e. The van der Waals surface area contributed by atoms with Crippen molar-refractivity contribution in [3.63, 3.8) is 0 Å². The van der Waals surface area contributed by atoms with E-state index in [2.05, 4.69) is 34.6 Å². The summed E-state index contributed by atoms with van der Waals surface area (Å²) in [6.07, 6.45) is 13.7. The summed E-state index contributed by atoms with van der Waals surface area (Å²) in [4.78, 5) is 36.2. The molecule has 6 heteroatoms. The zero-order valence-electron chi connectivity index (χ0n) is 28.6. The quantitative estimate of drug-likeness (QED) is 0.179. The van der Waals surface area contributed by atoms with E-state index in [0.29, 0.717) is 17.8 Å². The number of carbonyl (C=O) groups is 3. The molecule has 2 fully saturated rings. The third kappa shape index (κ3) is 11.5. The zero-order chi connectivity index (χ0) is 31.5. The second kappa shape index (κ2) is 16.3. The number of esters is 3. The number of carbonyl (C=O) groups excluding carboxylic acids is 3. The van der Waals surface area contributed by atoms with Crippen molar-refractivity contribution in [1.29, 1.82) is 0 Å². The molecule has 0 heterocycles. The first-order valence-corrected chi connectivity index (χ1v) is 16.6. The predicted molar refractivity (Wildman–Crippen MR) is 166 cm³/mol. The van der Waals surface area contributed by atoms with Crippen molar-refractivity contribution in [2.24, 2.45) is 28.1 Å². The molecule has 0 spiro atoms. The van der Waals surface area contributed by atoms with Crippen LogP contribution in [0.5, 0.6) is 0 Å². The first-order valence-electron chi connectivity index (χ1n) is 16.6. The van der Waals surface area contributed by atoms with E-state index in [9.17, 15) is 14.4 Å². The molecule has 240 valence electrons. The molecule has 2 aliphatic carbocycles. The Hall–Kier alpha value is -1.59. The van der Waals surface area contributed by atoms with Gasteiger partial charge in [-0.3, -0.25) is 9.59 Å². The van der Waals surface area contributed by atoms with Crippen LogP contribution in [0, 0.1) is 28.1 Å². The van der Waals surface area contributed by atoms with E-state index in [0.717, 1.165) is 50.9 Å². The van der Waals surface area contributed by atoms with Crippen LogP contribution in [-0.4, -0.2) is 36.2 Å². The Labute approximate surface area is 252 Å². The Morgan fingerprint density at radius 1 is 0.610 bits per heavy atom. The summed E-state index contributed by atoms with van der Waals surface area (Å²) >= 11 is 0. The van der Waals surface area contributed by atoms with Gasteiger partial charge in [-0.05, 0) is 109 Å². The summed E-state index contributed by atoms with van der Waals surface area (Å²) in [7, 11) is 0. The standard InChI is InChI=1S/C19H34O4.C16H30O2/c1-6-18(4,5)17(21)22-14-16(20)23-19(7-2,8-3)15-12-10-9-11-13-15;1-7-16(5,6)14(17)18-13-10-8-12(9-11-13)15(2,3)4/h15H,6-14H2,1-5H3;12-13H,7-11H2,1-6H3. The first-order chi connectivity index (χ1) is 19.0. The van der Waals surface area contributed by atoms with E-state index < -0.39 is 17.0 Å². The van der Waals surface area contributed by atoms with Crippen LogP contribution in [0.1, 0.15) is 160 Å². The Bertz CT molecular complexity index is 803. The molecular weight excluding hydrogens is 516 g/mol. The molecule has 0 amide bonds. The van der Waals surface area contributed by atoms with Gasteiger partial charge < -0.3 is 14.2 Å². The largest absolute Gasteiger partial charge is 0.462 e. The number of hydrogen-bond donors (Lipinski definition) is 0. The molecule has 2 rings (SSSR count). The minimum Gasteiger partial charge on any atom is -0.462 e. The van der Waals surface area contributed by atoms with Gasteiger partial charge in [0.2, 0.25) is 0 Å². The molecule has 6 nitrogen and oxygen atoms in total. The molecule has 0 aromatic carbocycles. The van der Waals surface area contributed by atoms with Gasteiger partial charge in [0, 0.05) is 0 Å². The minimum absolute atomic E-state index is 0.0239. The number of hydrogen-bond acceptors (Lipinski definition) is 6. The third-order valence-electron chi connectivity index (χ3n) is 10.2. The van der Waals surface area contributed by atoms with E-state index in [1.165, 1.54) is 32.1 Å². The van der Waals surface area contributed by atoms with Crippen LogP contribution >= 0.6 is 0 Å². The van der Waals surface area contributed by atoms with Crippen molar-refractivity contribution < 1.29 is 28.6 Å². The smallest absolute Gasteiger partial charge is 0.344 e. The fourth-order valence-electron chi connectivity index (χ4n) is 5.91. The lowest BCUT2D eigenvalue weighted by atomic mass is 9.72. The van der Waals surface area contributed by atoms with Crippen molar-refractivity contribution >= 4 is 17.9 Å². The molecule has 0 N–H and O–H groups in total. The number of ether oxygens (including phenoxy) is 3. The molecule has 2 aliphatic rings. The molecule has 0 aromatic heterocycles. The van der Waals surface area contributed by atoms with Crippen molar-refractivity contribution in [3.8, 4) is 0 Å². The van der Waals surface area contributed by atoms with Crippen molar-refractivity contribution in [1.82, 2.24) is 0 Å². The van der Waals surface area contributed by atoms with Gasteiger partial charge in [0.05, 0.1) is 10.8 Å². The third-order valence-corrected chi connectivity index (χ3v) is 10.2. The van der Waals surface area contributed by atoms with Gasteiger partial charge in [0.1, 0.15) is 11.7 Å². The van der Waals surface area contributed by atoms with E-state index in [1.807, 2.05) is 41.5 Å². The Kier molecular flexibility index (Phi) is 14.9. The van der Waals surface area contributed by atoms with Crippen LogP contribution in [0.2, 0.25) is 0 Å². The Morgan fingerprint density at radius 3 is 1.54 bits per heavy atom. The van der Waals surface area contributed by atoms with E-state index in [-0.39, 0.29) is 30.1 Å². The SMILES string of the molecule is CCC(C)(C)C(=O)OC1CCC(C(C)(C)C)CC1.CCC(C)(C)C(=O)OCC(=O)OC(CC)(CC)C1CCCCC1. The van der Waals surface area contributed by atoms with Crippen LogP contribution < -0.4 is 0 Å². The lowest BCUT2D eigenvalue weighted by Gasteiger charge is -2.41. The fourth-order valence-corrected chi connectivity index (χ4v) is 5.91. The second-order valence-electron chi connectivity index (χ2n) is 14.9. The average Bonchev–Trinajstić information content (AvgIpc) is 2.95. The van der Waals surface area contributed by atoms with Crippen molar-refractivity contribution in [2.45, 2.75) is 171 Å². The topological polar surface area (TPSA) is 78.9 Å². The molecule has 0 bridgehead atoms. The summed E-state index contributed by atoms with van der Waals surface area (Å²) in [5.74, 6) is 0.418. The average molecular weight is 581 g/mol. The fraction of sp³-hybridized carbons (Fsp3) is 0.914. The normalized spacial score (nSPS) is 20.9. The van der Waals surface area contributed by atoms with Crippen LogP contribution in [0.15, 0.2) is 0 Å². The summed E-state index contributed by atoms with van der Waals surface area (Å²) in [5, 5.41) is 0. The highest BCUT2D eigenvalue weighted by molar-refractivity contribution is 5.80. The molecule has 41 heavy (non-hydrogen) atoms. The monoisotopic (exact) mass is 580 g/mol. The van der Waals surface area contributed by atoms with E-state index >= 15 is 0 Å². The molecule has 0 aliphatic heterocycles. The van der Waals surface area contributed by atoms with Gasteiger partial charge in [-0.25, -0.2) is 4.79 Å². The molecule has 0 atom stereocenters. The van der Waals surface area contributed by atoms with Gasteiger partial charge in [0.15, 0.2) is 6.61 Å². The maximum atomic E-state index is 12.2. The molecule has 0 aromatic rings. The van der Waals surface area contributed by atoms with E-state index in [4.69, 9.17) is 14.2 Å². The highest BCUT2D eigenvalue weighted by Gasteiger charge is 2.40. The maximum absolute atomic E-state index is 12.2. The predicted octanol–water partition coefficient (Wildman–Crippen LogP) is 9.22. The van der Waals surface area contributed by atoms with Crippen LogP contribution in [0.25, 0.3) is 0 Å². The highest BCUT2D eigenvalue weighted by atomic mass is 16.6. The number of rotatable bonds is 11. The Balaban J connectivity index is 0.000000422. The lowest BCUT2D eigenvalue weighted by Crippen LogP contribution is -2.43. The summed E-state index contributed by atoms with van der Waals surface area (Å²) in [6, 6.07) is 0. The van der Waals surface area contributed by atoms with Gasteiger partial charge in [-0.2, -0.15) is 0 Å². The van der Waals surface area contributed by atoms with Gasteiger partial charge in [0.25, 0.3) is 0 Å². The summed E-state index contributed by atoms with van der Waals surface area (Å²) < 4.78 is 16.7. The summed E-state index contributed by atoms with van der Waals surface area (Å²) in [5.41, 5.74) is -0.904. The van der Waals surface area contributed by atoms with Gasteiger partial charge in [-0.1, -0.05) is 67.7 Å². The molecule has 2 saturated carbocycles. The van der Waals surface area contributed by atoms with Crippen molar-refractivity contribution in [2.75, 3.05) is 6.61 Å². The minimum atomic E-state index is -0.559.